The van der Waals surface area contributed by atoms with Gasteiger partial charge in [0, 0.05) is 11.6 Å². The molecule has 3 rings (SSSR count). The average molecular weight is 364 g/mol. The molecule has 0 aliphatic carbocycles. The molecule has 2 aromatic carbocycles. The van der Waals surface area contributed by atoms with Crippen LogP contribution in [0.2, 0.25) is 0 Å². The van der Waals surface area contributed by atoms with Crippen LogP contribution in [0.4, 0.5) is 27.8 Å². The van der Waals surface area contributed by atoms with E-state index in [0.717, 1.165) is 47.1 Å². The molecule has 1 heterocycles. The summed E-state index contributed by atoms with van der Waals surface area (Å²) in [6, 6.07) is 8.30. The molecule has 1 aromatic heterocycles. The fourth-order valence-corrected chi connectivity index (χ4v) is 2.39. The molecule has 0 unspecified atom stereocenters. The first-order valence-corrected chi connectivity index (χ1v) is 7.14. The number of benzene rings is 2. The highest BCUT2D eigenvalue weighted by Crippen LogP contribution is 2.33. The lowest BCUT2D eigenvalue weighted by atomic mass is 10.1. The van der Waals surface area contributed by atoms with Gasteiger partial charge in [-0.15, -0.1) is 0 Å². The Morgan fingerprint density at radius 2 is 1.69 bits per heavy atom. The lowest BCUT2D eigenvalue weighted by molar-refractivity contribution is -0.137. The van der Waals surface area contributed by atoms with Crippen molar-refractivity contribution < 1.29 is 22.0 Å². The van der Waals surface area contributed by atoms with E-state index in [0.29, 0.717) is 0 Å². The van der Waals surface area contributed by atoms with E-state index < -0.39 is 23.4 Å². The molecule has 132 valence electrons. The zero-order valence-electron chi connectivity index (χ0n) is 12.9. The zero-order valence-corrected chi connectivity index (χ0v) is 12.9. The molecule has 3 aromatic rings. The summed E-state index contributed by atoms with van der Waals surface area (Å²) >= 11 is 0. The summed E-state index contributed by atoms with van der Waals surface area (Å²) in [6.07, 6.45) is -4.51. The van der Waals surface area contributed by atoms with Crippen LogP contribution in [0.3, 0.4) is 0 Å². The zero-order chi connectivity index (χ0) is 19.1. The summed E-state index contributed by atoms with van der Waals surface area (Å²) in [5, 5.41) is 13.3. The second-order valence-electron chi connectivity index (χ2n) is 5.30. The van der Waals surface area contributed by atoms with E-state index in [9.17, 15) is 27.2 Å². The lowest BCUT2D eigenvalue weighted by Crippen LogP contribution is -2.05. The second-order valence-corrected chi connectivity index (χ2v) is 5.30. The third-order valence-electron chi connectivity index (χ3n) is 3.65. The Balaban J connectivity index is 2.15. The van der Waals surface area contributed by atoms with Gasteiger partial charge in [0.2, 0.25) is 0 Å². The van der Waals surface area contributed by atoms with Gasteiger partial charge < -0.3 is 5.73 Å². The summed E-state index contributed by atoms with van der Waals surface area (Å²) in [5.74, 6) is -1.83. The number of halogens is 5. The van der Waals surface area contributed by atoms with E-state index >= 15 is 0 Å². The normalized spacial score (nSPS) is 11.4. The quantitative estimate of drug-likeness (QED) is 0.690. The molecule has 0 atom stereocenters. The van der Waals surface area contributed by atoms with E-state index in [1.807, 2.05) is 0 Å². The van der Waals surface area contributed by atoms with Crippen LogP contribution >= 0.6 is 0 Å². The van der Waals surface area contributed by atoms with Gasteiger partial charge in [-0.3, -0.25) is 0 Å². The maximum absolute atomic E-state index is 14.0. The van der Waals surface area contributed by atoms with Gasteiger partial charge in [0.1, 0.15) is 40.5 Å². The van der Waals surface area contributed by atoms with Crippen LogP contribution in [0, 0.1) is 23.0 Å². The van der Waals surface area contributed by atoms with Gasteiger partial charge >= 0.3 is 6.18 Å². The maximum atomic E-state index is 14.0. The molecule has 0 spiro atoms. The van der Waals surface area contributed by atoms with Gasteiger partial charge in [0.25, 0.3) is 0 Å². The van der Waals surface area contributed by atoms with Crippen molar-refractivity contribution >= 4 is 5.82 Å². The predicted octanol–water partition coefficient (Wildman–Crippen LogP) is 4.29. The molecule has 0 aliphatic heterocycles. The minimum absolute atomic E-state index is 0.0395. The molecule has 9 heteroatoms. The van der Waals surface area contributed by atoms with Crippen molar-refractivity contribution in [2.75, 3.05) is 5.73 Å². The molecular formula is C17H9F5N4. The molecule has 0 amide bonds. The highest BCUT2D eigenvalue weighted by Gasteiger charge is 2.30. The molecule has 0 fully saturated rings. The van der Waals surface area contributed by atoms with Crippen molar-refractivity contribution in [3.8, 4) is 23.0 Å². The summed E-state index contributed by atoms with van der Waals surface area (Å²) in [4.78, 5) is 0. The van der Waals surface area contributed by atoms with Gasteiger partial charge in [-0.1, -0.05) is 12.1 Å². The van der Waals surface area contributed by atoms with Gasteiger partial charge in [-0.05, 0) is 24.3 Å². The summed E-state index contributed by atoms with van der Waals surface area (Å²) < 4.78 is 66.2. The van der Waals surface area contributed by atoms with E-state index in [4.69, 9.17) is 5.73 Å². The molecular weight excluding hydrogens is 355 g/mol. The van der Waals surface area contributed by atoms with Crippen LogP contribution in [0.25, 0.3) is 16.9 Å². The Labute approximate surface area is 143 Å². The molecule has 4 nitrogen and oxygen atoms in total. The van der Waals surface area contributed by atoms with Crippen molar-refractivity contribution in [1.82, 2.24) is 9.78 Å². The number of hydrogen-bond acceptors (Lipinski definition) is 3. The molecule has 2 N–H and O–H groups in total. The van der Waals surface area contributed by atoms with Crippen molar-refractivity contribution in [2.45, 2.75) is 6.18 Å². The number of aromatic nitrogens is 2. The maximum Gasteiger partial charge on any atom is 0.416 e. The highest BCUT2D eigenvalue weighted by atomic mass is 19.4. The van der Waals surface area contributed by atoms with E-state index in [2.05, 4.69) is 5.10 Å². The topological polar surface area (TPSA) is 67.6 Å². The Kier molecular flexibility index (Phi) is 4.12. The van der Waals surface area contributed by atoms with Crippen molar-refractivity contribution in [3.05, 3.63) is 65.2 Å². The lowest BCUT2D eigenvalue weighted by Gasteiger charge is -2.07. The fourth-order valence-electron chi connectivity index (χ4n) is 2.39. The van der Waals surface area contributed by atoms with Crippen LogP contribution < -0.4 is 5.73 Å². The average Bonchev–Trinajstić information content (AvgIpc) is 2.93. The van der Waals surface area contributed by atoms with Crippen molar-refractivity contribution in [2.24, 2.45) is 0 Å². The second kappa shape index (κ2) is 6.15. The van der Waals surface area contributed by atoms with Crippen LogP contribution in [-0.2, 0) is 6.18 Å². The van der Waals surface area contributed by atoms with Crippen LogP contribution in [-0.4, -0.2) is 9.78 Å². The van der Waals surface area contributed by atoms with Crippen molar-refractivity contribution in [3.63, 3.8) is 0 Å². The van der Waals surface area contributed by atoms with E-state index in [1.165, 1.54) is 0 Å². The standard InChI is InChI=1S/C17H9F5N4/c18-11-5-6-13(19)14(7-11)26-16(24)12(8-23)15(25-26)9-1-3-10(4-2-9)17(20,21)22/h1-7H,24H2. The first-order chi connectivity index (χ1) is 12.2. The number of nitriles is 1. The molecule has 26 heavy (non-hydrogen) atoms. The van der Waals surface area contributed by atoms with E-state index in [-0.39, 0.29) is 28.3 Å². The number of anilines is 1. The van der Waals surface area contributed by atoms with Crippen LogP contribution in [0.1, 0.15) is 11.1 Å². The molecule has 0 aliphatic rings. The summed E-state index contributed by atoms with van der Waals surface area (Å²) in [6.45, 7) is 0. The number of nitrogens with two attached hydrogens (primary N) is 1. The van der Waals surface area contributed by atoms with Crippen molar-refractivity contribution in [1.29, 1.82) is 5.26 Å². The minimum Gasteiger partial charge on any atom is -0.382 e. The summed E-state index contributed by atoms with van der Waals surface area (Å²) in [5.41, 5.74) is 4.60. The first kappa shape index (κ1) is 17.4. The SMILES string of the molecule is N#Cc1c(-c2ccc(C(F)(F)F)cc2)nn(-c2cc(F)ccc2F)c1N. The number of rotatable bonds is 2. The number of nitrogen functional groups attached to an aromatic ring is 1. The molecule has 0 bridgehead atoms. The monoisotopic (exact) mass is 364 g/mol. The summed E-state index contributed by atoms with van der Waals surface area (Å²) in [7, 11) is 0. The van der Waals surface area contributed by atoms with Crippen LogP contribution in [0.5, 0.6) is 0 Å². The molecule has 0 saturated heterocycles. The van der Waals surface area contributed by atoms with Crippen LogP contribution in [0.15, 0.2) is 42.5 Å². The Morgan fingerprint density at radius 1 is 1.04 bits per heavy atom. The minimum atomic E-state index is -4.51. The van der Waals surface area contributed by atoms with Gasteiger partial charge in [0.15, 0.2) is 0 Å². The number of nitrogens with zero attached hydrogens (tertiary/aromatic N) is 3. The Morgan fingerprint density at radius 3 is 2.27 bits per heavy atom. The molecule has 0 saturated carbocycles. The third kappa shape index (κ3) is 2.97. The third-order valence-corrected chi connectivity index (χ3v) is 3.65. The Hall–Kier alpha value is -3.41. The predicted molar refractivity (Wildman–Crippen MR) is 83.0 cm³/mol. The smallest absolute Gasteiger partial charge is 0.382 e. The fraction of sp³-hybridized carbons (Fsp3) is 0.0588. The number of alkyl halides is 3. The van der Waals surface area contributed by atoms with Gasteiger partial charge in [0.05, 0.1) is 5.56 Å². The number of hydrogen-bond donors (Lipinski definition) is 1. The largest absolute Gasteiger partial charge is 0.416 e. The Bertz CT molecular complexity index is 1010. The van der Waals surface area contributed by atoms with E-state index in [1.54, 1.807) is 6.07 Å². The highest BCUT2D eigenvalue weighted by molar-refractivity contribution is 5.74. The van der Waals surface area contributed by atoms with Gasteiger partial charge in [-0.2, -0.15) is 23.5 Å². The first-order valence-electron chi connectivity index (χ1n) is 7.14. The molecule has 0 radical (unpaired) electrons. The van der Waals surface area contributed by atoms with Gasteiger partial charge in [-0.25, -0.2) is 13.5 Å².